The molecule has 8 heteroatoms. The van der Waals surface area contributed by atoms with Crippen molar-refractivity contribution in [2.45, 2.75) is 6.43 Å². The number of nitrogens with zero attached hydrogens (tertiary/aromatic N) is 1. The molecule has 1 heterocycles. The van der Waals surface area contributed by atoms with Gasteiger partial charge >= 0.3 is 12.0 Å². The first-order valence-corrected chi connectivity index (χ1v) is 4.51. The fourth-order valence-electron chi connectivity index (χ4n) is 0.939. The Bertz CT molecular complexity index is 408. The van der Waals surface area contributed by atoms with Gasteiger partial charge in [0, 0.05) is 0 Å². The van der Waals surface area contributed by atoms with Gasteiger partial charge in [-0.25, -0.2) is 23.4 Å². The standard InChI is InChI=1S/C9H9F2N3O3/c10-7(11)4-13-9(17)14-5-1-2-6(8(15)16)12-3-5/h1-3,7H,4H2,(H,15,16)(H2,13,14,17). The summed E-state index contributed by atoms with van der Waals surface area (Å²) in [5.74, 6) is -1.20. The Hall–Kier alpha value is -2.25. The zero-order valence-electron chi connectivity index (χ0n) is 8.48. The van der Waals surface area contributed by atoms with E-state index in [-0.39, 0.29) is 11.4 Å². The maximum absolute atomic E-state index is 11.8. The summed E-state index contributed by atoms with van der Waals surface area (Å²) in [7, 11) is 0. The molecule has 1 aromatic heterocycles. The quantitative estimate of drug-likeness (QED) is 0.742. The van der Waals surface area contributed by atoms with Crippen molar-refractivity contribution in [3.05, 3.63) is 24.0 Å². The highest BCUT2D eigenvalue weighted by atomic mass is 19.3. The largest absolute Gasteiger partial charge is 0.477 e. The molecule has 0 radical (unpaired) electrons. The van der Waals surface area contributed by atoms with E-state index in [4.69, 9.17) is 5.11 Å². The molecule has 6 nitrogen and oxygen atoms in total. The van der Waals surface area contributed by atoms with Crippen LogP contribution in [-0.2, 0) is 0 Å². The third-order valence-electron chi connectivity index (χ3n) is 1.66. The molecule has 0 saturated heterocycles. The predicted octanol–water partition coefficient (Wildman–Crippen LogP) is 1.17. The van der Waals surface area contributed by atoms with Crippen molar-refractivity contribution >= 4 is 17.7 Å². The molecule has 0 bridgehead atoms. The average Bonchev–Trinajstić information content (AvgIpc) is 2.27. The first-order valence-electron chi connectivity index (χ1n) is 4.51. The molecule has 1 aromatic rings. The van der Waals surface area contributed by atoms with Gasteiger partial charge in [-0.15, -0.1) is 0 Å². The number of carbonyl (C=O) groups is 2. The lowest BCUT2D eigenvalue weighted by Gasteiger charge is -2.06. The van der Waals surface area contributed by atoms with Gasteiger partial charge in [-0.2, -0.15) is 0 Å². The third kappa shape index (κ3) is 4.41. The molecule has 17 heavy (non-hydrogen) atoms. The SMILES string of the molecule is O=C(NCC(F)F)Nc1ccc(C(=O)O)nc1. The minimum atomic E-state index is -2.63. The molecule has 92 valence electrons. The molecule has 0 aliphatic heterocycles. The summed E-state index contributed by atoms with van der Waals surface area (Å²) < 4.78 is 23.5. The lowest BCUT2D eigenvalue weighted by atomic mass is 10.3. The minimum absolute atomic E-state index is 0.177. The maximum Gasteiger partial charge on any atom is 0.354 e. The number of carboxylic acid groups (broad SMARTS) is 1. The number of anilines is 1. The van der Waals surface area contributed by atoms with Crippen molar-refractivity contribution in [3.8, 4) is 0 Å². The summed E-state index contributed by atoms with van der Waals surface area (Å²) in [6, 6.07) is 1.68. The van der Waals surface area contributed by atoms with Crippen LogP contribution in [0.5, 0.6) is 0 Å². The zero-order valence-corrected chi connectivity index (χ0v) is 8.48. The van der Waals surface area contributed by atoms with E-state index < -0.39 is 25.0 Å². The Morgan fingerprint density at radius 3 is 2.59 bits per heavy atom. The van der Waals surface area contributed by atoms with Gasteiger partial charge in [-0.3, -0.25) is 0 Å². The topological polar surface area (TPSA) is 91.3 Å². The highest BCUT2D eigenvalue weighted by Gasteiger charge is 2.07. The molecular weight excluding hydrogens is 236 g/mol. The smallest absolute Gasteiger partial charge is 0.354 e. The Kier molecular flexibility index (Phi) is 4.32. The number of hydrogen-bond acceptors (Lipinski definition) is 3. The molecular formula is C9H9F2N3O3. The molecule has 0 saturated carbocycles. The molecule has 0 aliphatic carbocycles. The number of hydrogen-bond donors (Lipinski definition) is 3. The predicted molar refractivity (Wildman–Crippen MR) is 54.2 cm³/mol. The maximum atomic E-state index is 11.8. The Morgan fingerprint density at radius 1 is 1.41 bits per heavy atom. The van der Waals surface area contributed by atoms with Crippen LogP contribution in [0.15, 0.2) is 18.3 Å². The first-order chi connectivity index (χ1) is 7.99. The van der Waals surface area contributed by atoms with Crippen molar-refractivity contribution < 1.29 is 23.5 Å². The molecule has 0 aromatic carbocycles. The second-order valence-corrected chi connectivity index (χ2v) is 2.96. The number of rotatable bonds is 4. The fraction of sp³-hybridized carbons (Fsp3) is 0.222. The Balaban J connectivity index is 2.51. The Labute approximate surface area is 94.7 Å². The van der Waals surface area contributed by atoms with Crippen LogP contribution < -0.4 is 10.6 Å². The van der Waals surface area contributed by atoms with Crippen LogP contribution in [-0.4, -0.2) is 35.1 Å². The van der Waals surface area contributed by atoms with Crippen LogP contribution in [0.25, 0.3) is 0 Å². The van der Waals surface area contributed by atoms with Crippen LogP contribution in [0.4, 0.5) is 19.3 Å². The van der Waals surface area contributed by atoms with Crippen molar-refractivity contribution in [1.82, 2.24) is 10.3 Å². The number of aromatic carboxylic acids is 1. The van der Waals surface area contributed by atoms with E-state index in [1.807, 2.05) is 5.32 Å². The van der Waals surface area contributed by atoms with Crippen molar-refractivity contribution in [3.63, 3.8) is 0 Å². The van der Waals surface area contributed by atoms with E-state index in [2.05, 4.69) is 10.3 Å². The summed E-state index contributed by atoms with van der Waals surface area (Å²) in [4.78, 5) is 25.0. The van der Waals surface area contributed by atoms with Gasteiger partial charge in [-0.1, -0.05) is 0 Å². The van der Waals surface area contributed by atoms with E-state index in [0.29, 0.717) is 0 Å². The molecule has 1 rings (SSSR count). The number of carbonyl (C=O) groups excluding carboxylic acids is 1. The van der Waals surface area contributed by atoms with Gasteiger partial charge in [0.25, 0.3) is 6.43 Å². The van der Waals surface area contributed by atoms with Crippen LogP contribution in [0.3, 0.4) is 0 Å². The highest BCUT2D eigenvalue weighted by molar-refractivity contribution is 5.90. The minimum Gasteiger partial charge on any atom is -0.477 e. The number of alkyl halides is 2. The average molecular weight is 245 g/mol. The van der Waals surface area contributed by atoms with Crippen LogP contribution >= 0.6 is 0 Å². The van der Waals surface area contributed by atoms with Gasteiger partial charge in [0.1, 0.15) is 5.69 Å². The van der Waals surface area contributed by atoms with Crippen LogP contribution in [0, 0.1) is 0 Å². The number of amides is 2. The zero-order chi connectivity index (χ0) is 12.8. The number of nitrogens with one attached hydrogen (secondary N) is 2. The molecule has 0 unspecified atom stereocenters. The fourth-order valence-corrected chi connectivity index (χ4v) is 0.939. The molecule has 0 aliphatic rings. The Morgan fingerprint density at radius 2 is 2.12 bits per heavy atom. The molecule has 0 fully saturated rings. The van der Waals surface area contributed by atoms with E-state index in [9.17, 15) is 18.4 Å². The normalized spacial score (nSPS) is 10.1. The number of halogens is 2. The van der Waals surface area contributed by atoms with Gasteiger partial charge in [0.05, 0.1) is 18.4 Å². The lowest BCUT2D eigenvalue weighted by molar-refractivity contribution is 0.0690. The van der Waals surface area contributed by atoms with Crippen molar-refractivity contribution in [1.29, 1.82) is 0 Å². The van der Waals surface area contributed by atoms with Gasteiger partial charge < -0.3 is 15.7 Å². The summed E-state index contributed by atoms with van der Waals surface area (Å²) in [6.45, 7) is -0.757. The molecule has 2 amide bonds. The number of pyridine rings is 1. The number of urea groups is 1. The second-order valence-electron chi connectivity index (χ2n) is 2.96. The first kappa shape index (κ1) is 12.8. The highest BCUT2D eigenvalue weighted by Crippen LogP contribution is 2.05. The second kappa shape index (κ2) is 5.73. The third-order valence-corrected chi connectivity index (χ3v) is 1.66. The van der Waals surface area contributed by atoms with Crippen molar-refractivity contribution in [2.75, 3.05) is 11.9 Å². The number of aromatic nitrogens is 1. The summed E-state index contributed by atoms with van der Waals surface area (Å²) in [5, 5.41) is 12.7. The van der Waals surface area contributed by atoms with E-state index in [1.54, 1.807) is 0 Å². The molecule has 0 spiro atoms. The van der Waals surface area contributed by atoms with Gasteiger partial charge in [0.15, 0.2) is 0 Å². The summed E-state index contributed by atoms with van der Waals surface area (Å²) in [5.41, 5.74) is 0.0327. The summed E-state index contributed by atoms with van der Waals surface area (Å²) >= 11 is 0. The van der Waals surface area contributed by atoms with Crippen LogP contribution in [0.2, 0.25) is 0 Å². The van der Waals surface area contributed by atoms with Crippen LogP contribution in [0.1, 0.15) is 10.5 Å². The van der Waals surface area contributed by atoms with Gasteiger partial charge in [0.2, 0.25) is 0 Å². The van der Waals surface area contributed by atoms with E-state index >= 15 is 0 Å². The monoisotopic (exact) mass is 245 g/mol. The number of carboxylic acids is 1. The van der Waals surface area contributed by atoms with E-state index in [0.717, 1.165) is 6.20 Å². The lowest BCUT2D eigenvalue weighted by Crippen LogP contribution is -2.32. The van der Waals surface area contributed by atoms with Gasteiger partial charge in [-0.05, 0) is 12.1 Å². The van der Waals surface area contributed by atoms with E-state index in [1.165, 1.54) is 12.1 Å². The van der Waals surface area contributed by atoms with Crippen molar-refractivity contribution in [2.24, 2.45) is 0 Å². The molecule has 3 N–H and O–H groups in total. The summed E-state index contributed by atoms with van der Waals surface area (Å²) in [6.07, 6.45) is -1.51. The molecule has 0 atom stereocenters.